The van der Waals surface area contributed by atoms with Gasteiger partial charge in [-0.15, -0.1) is 0 Å². The molecule has 19 heavy (non-hydrogen) atoms. The largest absolute Gasteiger partial charge is 0.495 e. The number of carbonyl (C=O) groups is 2. The molecule has 0 bridgehead atoms. The summed E-state index contributed by atoms with van der Waals surface area (Å²) >= 11 is 6.74. The molecule has 1 saturated heterocycles. The zero-order valence-corrected chi connectivity index (χ0v) is 13.3. The first-order valence-electron chi connectivity index (χ1n) is 5.62. The molecule has 2 rings (SSSR count). The molecule has 1 atom stereocenters. The highest BCUT2D eigenvalue weighted by atomic mass is 79.9. The Morgan fingerprint density at radius 3 is 2.74 bits per heavy atom. The van der Waals surface area contributed by atoms with Gasteiger partial charge in [-0.1, -0.05) is 0 Å². The molecule has 1 heterocycles. The molecule has 5 nitrogen and oxygen atoms in total. The molecule has 2 amide bonds. The van der Waals surface area contributed by atoms with Gasteiger partial charge >= 0.3 is 0 Å². The molecule has 1 fully saturated rings. The molecule has 1 unspecified atom stereocenters. The summed E-state index contributed by atoms with van der Waals surface area (Å²) in [4.78, 5) is 23.1. The van der Waals surface area contributed by atoms with Crippen molar-refractivity contribution < 1.29 is 14.3 Å². The van der Waals surface area contributed by atoms with Gasteiger partial charge in [-0.3, -0.25) is 9.59 Å². The molecule has 2 N–H and O–H groups in total. The van der Waals surface area contributed by atoms with Crippen molar-refractivity contribution in [3.63, 3.8) is 0 Å². The predicted molar refractivity (Wildman–Crippen MR) is 78.1 cm³/mol. The number of methoxy groups -OCH3 is 1. The van der Waals surface area contributed by atoms with Crippen molar-refractivity contribution in [3.05, 3.63) is 21.1 Å². The standard InChI is InChI=1S/C12H12Br2N2O3/c1-19-10-4-9(7(13)3-8(10)14)16-12(18)6-2-11(17)15-5-6/h3-4,6H,2,5H2,1H3,(H,15,17)(H,16,18). The van der Waals surface area contributed by atoms with Crippen molar-refractivity contribution in [2.45, 2.75) is 6.42 Å². The van der Waals surface area contributed by atoms with Gasteiger partial charge in [0.1, 0.15) is 5.75 Å². The number of ether oxygens (including phenoxy) is 1. The second-order valence-corrected chi connectivity index (χ2v) is 5.87. The number of halogens is 2. The summed E-state index contributed by atoms with van der Waals surface area (Å²) in [5.41, 5.74) is 0.615. The van der Waals surface area contributed by atoms with Crippen molar-refractivity contribution in [1.29, 1.82) is 0 Å². The Morgan fingerprint density at radius 2 is 2.16 bits per heavy atom. The lowest BCUT2D eigenvalue weighted by Gasteiger charge is -2.13. The van der Waals surface area contributed by atoms with Crippen LogP contribution in [0.5, 0.6) is 5.75 Å². The van der Waals surface area contributed by atoms with Crippen LogP contribution >= 0.6 is 31.9 Å². The van der Waals surface area contributed by atoms with Crippen LogP contribution in [0.2, 0.25) is 0 Å². The van der Waals surface area contributed by atoms with Crippen LogP contribution in [0.25, 0.3) is 0 Å². The molecule has 1 aromatic carbocycles. The van der Waals surface area contributed by atoms with Crippen molar-refractivity contribution in [2.24, 2.45) is 5.92 Å². The summed E-state index contributed by atoms with van der Waals surface area (Å²) in [5.74, 6) is 0.0317. The zero-order valence-electron chi connectivity index (χ0n) is 10.1. The molecular formula is C12H12Br2N2O3. The lowest BCUT2D eigenvalue weighted by Crippen LogP contribution is -2.24. The first-order chi connectivity index (χ1) is 9.01. The third-order valence-corrected chi connectivity index (χ3v) is 4.12. The van der Waals surface area contributed by atoms with E-state index in [2.05, 4.69) is 42.5 Å². The van der Waals surface area contributed by atoms with Crippen LogP contribution in [-0.4, -0.2) is 25.5 Å². The second kappa shape index (κ2) is 5.92. The fraction of sp³-hybridized carbons (Fsp3) is 0.333. The van der Waals surface area contributed by atoms with Gasteiger partial charge in [0.2, 0.25) is 11.8 Å². The number of carbonyl (C=O) groups excluding carboxylic acids is 2. The van der Waals surface area contributed by atoms with Gasteiger partial charge in [-0.2, -0.15) is 0 Å². The molecule has 0 saturated carbocycles. The summed E-state index contributed by atoms with van der Waals surface area (Å²) in [7, 11) is 1.55. The van der Waals surface area contributed by atoms with Gasteiger partial charge in [0.15, 0.2) is 0 Å². The summed E-state index contributed by atoms with van der Waals surface area (Å²) in [6.45, 7) is 0.385. The first-order valence-corrected chi connectivity index (χ1v) is 7.20. The van der Waals surface area contributed by atoms with E-state index in [4.69, 9.17) is 4.74 Å². The minimum Gasteiger partial charge on any atom is -0.495 e. The number of anilines is 1. The van der Waals surface area contributed by atoms with E-state index in [1.165, 1.54) is 0 Å². The van der Waals surface area contributed by atoms with Crippen LogP contribution in [0.1, 0.15) is 6.42 Å². The van der Waals surface area contributed by atoms with E-state index in [0.717, 1.165) is 8.95 Å². The average molecular weight is 392 g/mol. The van der Waals surface area contributed by atoms with E-state index in [-0.39, 0.29) is 24.2 Å². The van der Waals surface area contributed by atoms with Crippen LogP contribution in [-0.2, 0) is 9.59 Å². The number of amides is 2. The molecule has 1 aromatic rings. The summed E-state index contributed by atoms with van der Waals surface area (Å²) < 4.78 is 6.71. The van der Waals surface area contributed by atoms with Gasteiger partial charge in [-0.05, 0) is 37.9 Å². The SMILES string of the molecule is COc1cc(NC(=O)C2CNC(=O)C2)c(Br)cc1Br. The smallest absolute Gasteiger partial charge is 0.229 e. The second-order valence-electron chi connectivity index (χ2n) is 4.16. The Morgan fingerprint density at radius 1 is 1.42 bits per heavy atom. The molecule has 0 spiro atoms. The zero-order chi connectivity index (χ0) is 14.0. The molecule has 0 aliphatic carbocycles. The maximum Gasteiger partial charge on any atom is 0.229 e. The Labute approximate surface area is 127 Å². The summed E-state index contributed by atoms with van der Waals surface area (Å²) in [6, 6.07) is 3.52. The Kier molecular flexibility index (Phi) is 4.46. The van der Waals surface area contributed by atoms with Crippen LogP contribution < -0.4 is 15.4 Å². The molecule has 1 aliphatic rings. The summed E-state index contributed by atoms with van der Waals surface area (Å²) in [6.07, 6.45) is 0.233. The first kappa shape index (κ1) is 14.3. The third-order valence-electron chi connectivity index (χ3n) is 2.85. The Bertz CT molecular complexity index is 534. The van der Waals surface area contributed by atoms with Crippen LogP contribution in [0.3, 0.4) is 0 Å². The number of nitrogens with one attached hydrogen (secondary N) is 2. The fourth-order valence-electron chi connectivity index (χ4n) is 1.81. The van der Waals surface area contributed by atoms with Crippen molar-refractivity contribution in [3.8, 4) is 5.75 Å². The molecule has 7 heteroatoms. The fourth-order valence-corrected chi connectivity index (χ4v) is 3.06. The summed E-state index contributed by atoms with van der Waals surface area (Å²) in [5, 5.41) is 5.43. The number of benzene rings is 1. The number of hydrogen-bond donors (Lipinski definition) is 2. The lowest BCUT2D eigenvalue weighted by molar-refractivity contribution is -0.123. The van der Waals surface area contributed by atoms with Gasteiger partial charge < -0.3 is 15.4 Å². The van der Waals surface area contributed by atoms with Crippen molar-refractivity contribution >= 4 is 49.4 Å². The van der Waals surface area contributed by atoms with Crippen LogP contribution in [0, 0.1) is 5.92 Å². The van der Waals surface area contributed by atoms with Gasteiger partial charge in [0.25, 0.3) is 0 Å². The molecular weight excluding hydrogens is 380 g/mol. The third kappa shape index (κ3) is 3.27. The van der Waals surface area contributed by atoms with Gasteiger partial charge in [0.05, 0.1) is 23.2 Å². The minimum atomic E-state index is -0.325. The van der Waals surface area contributed by atoms with E-state index < -0.39 is 0 Å². The maximum absolute atomic E-state index is 12.0. The van der Waals surface area contributed by atoms with E-state index >= 15 is 0 Å². The van der Waals surface area contributed by atoms with Crippen LogP contribution in [0.4, 0.5) is 5.69 Å². The van der Waals surface area contributed by atoms with E-state index in [0.29, 0.717) is 18.0 Å². The predicted octanol–water partition coefficient (Wildman–Crippen LogP) is 2.29. The monoisotopic (exact) mass is 390 g/mol. The quantitative estimate of drug-likeness (QED) is 0.830. The molecule has 0 aromatic heterocycles. The Hall–Kier alpha value is -1.08. The topological polar surface area (TPSA) is 67.4 Å². The van der Waals surface area contributed by atoms with Crippen molar-refractivity contribution in [2.75, 3.05) is 19.0 Å². The molecule has 0 radical (unpaired) electrons. The highest BCUT2D eigenvalue weighted by Crippen LogP contribution is 2.34. The average Bonchev–Trinajstić information content (AvgIpc) is 2.79. The number of hydrogen-bond acceptors (Lipinski definition) is 3. The maximum atomic E-state index is 12.0. The lowest BCUT2D eigenvalue weighted by atomic mass is 10.1. The van der Waals surface area contributed by atoms with Crippen molar-refractivity contribution in [1.82, 2.24) is 5.32 Å². The molecule has 1 aliphatic heterocycles. The van der Waals surface area contributed by atoms with Gasteiger partial charge in [-0.25, -0.2) is 0 Å². The van der Waals surface area contributed by atoms with E-state index in [1.807, 2.05) is 0 Å². The normalized spacial score (nSPS) is 18.1. The minimum absolute atomic E-state index is 0.0902. The number of rotatable bonds is 3. The highest BCUT2D eigenvalue weighted by molar-refractivity contribution is 9.11. The van der Waals surface area contributed by atoms with Crippen LogP contribution in [0.15, 0.2) is 21.1 Å². The van der Waals surface area contributed by atoms with E-state index in [1.54, 1.807) is 19.2 Å². The Balaban J connectivity index is 2.14. The molecule has 102 valence electrons. The van der Waals surface area contributed by atoms with Gasteiger partial charge in [0, 0.05) is 23.5 Å². The highest BCUT2D eigenvalue weighted by Gasteiger charge is 2.28. The van der Waals surface area contributed by atoms with E-state index in [9.17, 15) is 9.59 Å².